The number of hydrogen-bond donors (Lipinski definition) is 3. The molecule has 0 spiro atoms. The molecule has 2 aromatic rings. The van der Waals surface area contributed by atoms with Gasteiger partial charge in [-0.15, -0.1) is 0 Å². The fraction of sp³-hybridized carbons (Fsp3) is 0.333. The molecule has 0 atom stereocenters. The highest BCUT2D eigenvalue weighted by molar-refractivity contribution is 6.28. The third-order valence-electron chi connectivity index (χ3n) is 3.41. The standard InChI is InChI=1S/C18H22ClN5O3/c1-10-7-6-8-11(2)13(10)21-15(25)12-9-20-16(19)22-14(12)23-24-17(26)27-18(3,4)5/h6-9H,1-5H3,(H,21,25)(H,24,26)(H,20,22,23). The van der Waals surface area contributed by atoms with Crippen LogP contribution in [0.25, 0.3) is 0 Å². The van der Waals surface area contributed by atoms with E-state index in [1.54, 1.807) is 20.8 Å². The van der Waals surface area contributed by atoms with E-state index in [9.17, 15) is 9.59 Å². The van der Waals surface area contributed by atoms with Crippen LogP contribution in [0.4, 0.5) is 16.3 Å². The van der Waals surface area contributed by atoms with E-state index in [-0.39, 0.29) is 16.7 Å². The van der Waals surface area contributed by atoms with E-state index in [4.69, 9.17) is 16.3 Å². The zero-order chi connectivity index (χ0) is 20.2. The lowest BCUT2D eigenvalue weighted by Crippen LogP contribution is -2.36. The van der Waals surface area contributed by atoms with Crippen LogP contribution in [-0.4, -0.2) is 27.6 Å². The molecule has 0 saturated heterocycles. The van der Waals surface area contributed by atoms with Gasteiger partial charge in [0.2, 0.25) is 5.28 Å². The maximum absolute atomic E-state index is 12.7. The molecule has 144 valence electrons. The SMILES string of the molecule is Cc1cccc(C)c1NC(=O)c1cnc(Cl)nc1NNC(=O)OC(C)(C)C. The molecule has 2 rings (SSSR count). The third-order valence-corrected chi connectivity index (χ3v) is 3.59. The average Bonchev–Trinajstić information content (AvgIpc) is 2.55. The van der Waals surface area contributed by atoms with Gasteiger partial charge in [0.05, 0.1) is 0 Å². The van der Waals surface area contributed by atoms with Gasteiger partial charge in [-0.2, -0.15) is 4.98 Å². The Labute approximate surface area is 162 Å². The molecule has 0 unspecified atom stereocenters. The van der Waals surface area contributed by atoms with Crippen molar-refractivity contribution in [2.24, 2.45) is 0 Å². The first kappa shape index (κ1) is 20.4. The van der Waals surface area contributed by atoms with Crippen LogP contribution in [0.1, 0.15) is 42.3 Å². The van der Waals surface area contributed by atoms with Gasteiger partial charge in [0.25, 0.3) is 5.91 Å². The van der Waals surface area contributed by atoms with Crippen molar-refractivity contribution < 1.29 is 14.3 Å². The zero-order valence-electron chi connectivity index (χ0n) is 15.8. The number of nitrogens with one attached hydrogen (secondary N) is 3. The normalized spacial score (nSPS) is 10.9. The summed E-state index contributed by atoms with van der Waals surface area (Å²) >= 11 is 5.82. The predicted molar refractivity (Wildman–Crippen MR) is 104 cm³/mol. The van der Waals surface area contributed by atoms with Crippen LogP contribution in [0.15, 0.2) is 24.4 Å². The highest BCUT2D eigenvalue weighted by Crippen LogP contribution is 2.22. The van der Waals surface area contributed by atoms with E-state index in [2.05, 4.69) is 26.1 Å². The van der Waals surface area contributed by atoms with Crippen molar-refractivity contribution in [2.75, 3.05) is 10.7 Å². The van der Waals surface area contributed by atoms with Crippen molar-refractivity contribution in [1.82, 2.24) is 15.4 Å². The van der Waals surface area contributed by atoms with Crippen LogP contribution in [0.5, 0.6) is 0 Å². The molecule has 0 fully saturated rings. The topological polar surface area (TPSA) is 105 Å². The summed E-state index contributed by atoms with van der Waals surface area (Å²) in [6.45, 7) is 8.99. The van der Waals surface area contributed by atoms with Gasteiger partial charge in [-0.3, -0.25) is 10.2 Å². The van der Waals surface area contributed by atoms with Gasteiger partial charge in [0.15, 0.2) is 5.82 Å². The van der Waals surface area contributed by atoms with Crippen molar-refractivity contribution in [3.8, 4) is 0 Å². The van der Waals surface area contributed by atoms with Crippen LogP contribution in [-0.2, 0) is 4.74 Å². The predicted octanol–water partition coefficient (Wildman–Crippen LogP) is 3.85. The Hall–Kier alpha value is -2.87. The smallest absolute Gasteiger partial charge is 0.426 e. The highest BCUT2D eigenvalue weighted by atomic mass is 35.5. The monoisotopic (exact) mass is 391 g/mol. The maximum atomic E-state index is 12.7. The first-order valence-electron chi connectivity index (χ1n) is 8.22. The second-order valence-corrected chi connectivity index (χ2v) is 7.21. The highest BCUT2D eigenvalue weighted by Gasteiger charge is 2.19. The fourth-order valence-corrected chi connectivity index (χ4v) is 2.36. The van der Waals surface area contributed by atoms with Gasteiger partial charge in [0.1, 0.15) is 11.2 Å². The first-order chi connectivity index (χ1) is 12.6. The van der Waals surface area contributed by atoms with E-state index >= 15 is 0 Å². The summed E-state index contributed by atoms with van der Waals surface area (Å²) in [5, 5.41) is 2.76. The molecule has 1 aromatic heterocycles. The number of carbonyl (C=O) groups excluding carboxylic acids is 2. The molecule has 8 nitrogen and oxygen atoms in total. The second kappa shape index (κ2) is 8.22. The third kappa shape index (κ3) is 5.82. The summed E-state index contributed by atoms with van der Waals surface area (Å²) in [6, 6.07) is 5.69. The molecule has 0 bridgehead atoms. The minimum Gasteiger partial charge on any atom is -0.443 e. The van der Waals surface area contributed by atoms with Gasteiger partial charge in [-0.25, -0.2) is 15.2 Å². The number of benzene rings is 1. The number of para-hydroxylation sites is 1. The molecule has 0 radical (unpaired) electrons. The van der Waals surface area contributed by atoms with Crippen LogP contribution in [0.3, 0.4) is 0 Å². The molecule has 0 aliphatic carbocycles. The molecule has 1 aromatic carbocycles. The lowest BCUT2D eigenvalue weighted by molar-refractivity contribution is 0.0540. The Morgan fingerprint density at radius 1 is 1.15 bits per heavy atom. The number of ether oxygens (including phenoxy) is 1. The number of hydrogen-bond acceptors (Lipinski definition) is 6. The number of amides is 2. The average molecular weight is 392 g/mol. The fourth-order valence-electron chi connectivity index (χ4n) is 2.23. The van der Waals surface area contributed by atoms with Gasteiger partial charge in [0, 0.05) is 11.9 Å². The lowest BCUT2D eigenvalue weighted by atomic mass is 10.1. The quantitative estimate of drug-likeness (QED) is 0.540. The molecule has 1 heterocycles. The van der Waals surface area contributed by atoms with Crippen molar-refractivity contribution in [2.45, 2.75) is 40.2 Å². The molecular formula is C18H22ClN5O3. The van der Waals surface area contributed by atoms with Crippen LogP contribution in [0, 0.1) is 13.8 Å². The number of carbonyl (C=O) groups is 2. The summed E-state index contributed by atoms with van der Waals surface area (Å²) in [7, 11) is 0. The lowest BCUT2D eigenvalue weighted by Gasteiger charge is -2.20. The Balaban J connectivity index is 2.19. The summed E-state index contributed by atoms with van der Waals surface area (Å²) in [5.74, 6) is -0.401. The van der Waals surface area contributed by atoms with Gasteiger partial charge < -0.3 is 10.1 Å². The molecular weight excluding hydrogens is 370 g/mol. The van der Waals surface area contributed by atoms with E-state index in [1.165, 1.54) is 6.20 Å². The Kier molecular flexibility index (Phi) is 6.22. The molecule has 2 amide bonds. The van der Waals surface area contributed by atoms with Crippen molar-refractivity contribution >= 4 is 35.1 Å². The first-order valence-corrected chi connectivity index (χ1v) is 8.60. The number of anilines is 2. The largest absolute Gasteiger partial charge is 0.443 e. The number of nitrogens with zero attached hydrogens (tertiary/aromatic N) is 2. The van der Waals surface area contributed by atoms with Gasteiger partial charge in [-0.05, 0) is 57.3 Å². The number of aromatic nitrogens is 2. The van der Waals surface area contributed by atoms with E-state index in [0.29, 0.717) is 5.69 Å². The van der Waals surface area contributed by atoms with E-state index in [1.807, 2.05) is 32.0 Å². The molecule has 3 N–H and O–H groups in total. The molecule has 27 heavy (non-hydrogen) atoms. The number of halogens is 1. The van der Waals surface area contributed by atoms with Gasteiger partial charge >= 0.3 is 6.09 Å². The summed E-state index contributed by atoms with van der Waals surface area (Å²) in [5.41, 5.74) is 6.85. The second-order valence-electron chi connectivity index (χ2n) is 6.87. The summed E-state index contributed by atoms with van der Waals surface area (Å²) in [6.07, 6.45) is 0.551. The number of aryl methyl sites for hydroxylation is 2. The summed E-state index contributed by atoms with van der Waals surface area (Å²) in [4.78, 5) is 32.3. The van der Waals surface area contributed by atoms with E-state index in [0.717, 1.165) is 11.1 Å². The summed E-state index contributed by atoms with van der Waals surface area (Å²) < 4.78 is 5.13. The number of hydrazine groups is 1. The number of rotatable bonds is 4. The van der Waals surface area contributed by atoms with Crippen molar-refractivity contribution in [3.05, 3.63) is 46.4 Å². The minimum absolute atomic E-state index is 0.0459. The van der Waals surface area contributed by atoms with Crippen molar-refractivity contribution in [1.29, 1.82) is 0 Å². The Morgan fingerprint density at radius 3 is 2.37 bits per heavy atom. The molecule has 0 aliphatic heterocycles. The molecule has 0 aliphatic rings. The minimum atomic E-state index is -0.724. The van der Waals surface area contributed by atoms with Crippen LogP contribution >= 0.6 is 11.6 Å². The van der Waals surface area contributed by atoms with Crippen LogP contribution < -0.4 is 16.2 Å². The Bertz CT molecular complexity index is 844. The Morgan fingerprint density at radius 2 is 1.78 bits per heavy atom. The molecule has 0 saturated carbocycles. The van der Waals surface area contributed by atoms with Crippen LogP contribution in [0.2, 0.25) is 5.28 Å². The van der Waals surface area contributed by atoms with Crippen molar-refractivity contribution in [3.63, 3.8) is 0 Å². The maximum Gasteiger partial charge on any atom is 0.426 e. The molecule has 9 heteroatoms. The van der Waals surface area contributed by atoms with E-state index < -0.39 is 17.6 Å². The zero-order valence-corrected chi connectivity index (χ0v) is 16.6. The van der Waals surface area contributed by atoms with Gasteiger partial charge in [-0.1, -0.05) is 18.2 Å².